The number of benzene rings is 1. The van der Waals surface area contributed by atoms with Crippen molar-refractivity contribution in [1.29, 1.82) is 0 Å². The van der Waals surface area contributed by atoms with E-state index in [0.717, 1.165) is 13.0 Å². The number of aryl methyl sites for hydroxylation is 1. The van der Waals surface area contributed by atoms with Crippen molar-refractivity contribution in [2.45, 2.75) is 53.2 Å². The monoisotopic (exact) mass is 288 g/mol. The van der Waals surface area contributed by atoms with Gasteiger partial charge in [0.2, 0.25) is 5.91 Å². The lowest BCUT2D eigenvalue weighted by Crippen LogP contribution is -2.35. The van der Waals surface area contributed by atoms with Crippen molar-refractivity contribution in [3.63, 3.8) is 0 Å². The van der Waals surface area contributed by atoms with Crippen molar-refractivity contribution < 1.29 is 4.79 Å². The number of nitrogens with zero attached hydrogens (tertiary/aromatic N) is 1. The van der Waals surface area contributed by atoms with Crippen molar-refractivity contribution >= 4 is 5.91 Å². The molecule has 1 N–H and O–H groups in total. The van der Waals surface area contributed by atoms with Gasteiger partial charge in [0, 0.05) is 6.54 Å². The smallest absolute Gasteiger partial charge is 0.241 e. The average Bonchev–Trinajstić information content (AvgIpc) is 2.73. The van der Waals surface area contributed by atoms with Gasteiger partial charge in [0.05, 0.1) is 6.04 Å². The normalized spacial score (nSPS) is 22.6. The quantitative estimate of drug-likeness (QED) is 0.899. The van der Waals surface area contributed by atoms with Crippen molar-refractivity contribution in [3.8, 4) is 0 Å². The van der Waals surface area contributed by atoms with Crippen LogP contribution in [0.1, 0.15) is 51.4 Å². The van der Waals surface area contributed by atoms with E-state index >= 15 is 0 Å². The average molecular weight is 288 g/mol. The highest BCUT2D eigenvalue weighted by molar-refractivity contribution is 5.84. The molecule has 1 aromatic carbocycles. The van der Waals surface area contributed by atoms with Crippen molar-refractivity contribution in [2.24, 2.45) is 11.8 Å². The third kappa shape index (κ3) is 3.65. The van der Waals surface area contributed by atoms with Crippen LogP contribution < -0.4 is 5.32 Å². The zero-order valence-electron chi connectivity index (χ0n) is 13.9. The standard InChI is InChI=1S/C18H28N2O/c1-12(2)9-10-20-17(15-8-6-7-14(5)11-15)19-16(13(3)4)18(20)21/h6-8,11-13,16-17,19H,9-10H2,1-5H3. The predicted molar refractivity (Wildman–Crippen MR) is 86.8 cm³/mol. The number of rotatable bonds is 5. The number of hydrogen-bond acceptors (Lipinski definition) is 2. The van der Waals surface area contributed by atoms with Crippen LogP contribution in [0.25, 0.3) is 0 Å². The minimum Gasteiger partial charge on any atom is -0.322 e. The molecule has 2 rings (SSSR count). The van der Waals surface area contributed by atoms with Gasteiger partial charge in [-0.1, -0.05) is 57.5 Å². The number of carbonyl (C=O) groups excluding carboxylic acids is 1. The molecule has 21 heavy (non-hydrogen) atoms. The van der Waals surface area contributed by atoms with Gasteiger partial charge in [-0.3, -0.25) is 10.1 Å². The minimum absolute atomic E-state index is 0.0172. The third-order valence-corrected chi connectivity index (χ3v) is 4.17. The highest BCUT2D eigenvalue weighted by Gasteiger charge is 2.40. The maximum Gasteiger partial charge on any atom is 0.241 e. The Morgan fingerprint density at radius 1 is 1.24 bits per heavy atom. The van der Waals surface area contributed by atoms with E-state index in [1.54, 1.807) is 0 Å². The van der Waals surface area contributed by atoms with E-state index in [1.807, 2.05) is 4.90 Å². The first kappa shape index (κ1) is 16.0. The molecule has 1 aliphatic heterocycles. The Morgan fingerprint density at radius 3 is 2.52 bits per heavy atom. The highest BCUT2D eigenvalue weighted by Crippen LogP contribution is 2.29. The molecule has 2 atom stereocenters. The van der Waals surface area contributed by atoms with Gasteiger partial charge in [-0.05, 0) is 30.7 Å². The minimum atomic E-state index is -0.0670. The molecule has 1 aliphatic rings. The fourth-order valence-corrected chi connectivity index (χ4v) is 2.87. The van der Waals surface area contributed by atoms with E-state index in [9.17, 15) is 4.79 Å². The molecule has 1 heterocycles. The first-order chi connectivity index (χ1) is 9.90. The number of hydrogen-bond donors (Lipinski definition) is 1. The third-order valence-electron chi connectivity index (χ3n) is 4.17. The molecule has 2 unspecified atom stereocenters. The maximum atomic E-state index is 12.7. The Labute approximate surface area is 128 Å². The Kier molecular flexibility index (Phi) is 5.04. The van der Waals surface area contributed by atoms with Crippen LogP contribution in [0.3, 0.4) is 0 Å². The predicted octanol–water partition coefficient (Wildman–Crippen LogP) is 3.50. The number of amides is 1. The fourth-order valence-electron chi connectivity index (χ4n) is 2.87. The Balaban J connectivity index is 2.25. The lowest BCUT2D eigenvalue weighted by molar-refractivity contribution is -0.131. The van der Waals surface area contributed by atoms with E-state index in [2.05, 4.69) is 64.2 Å². The number of carbonyl (C=O) groups is 1. The summed E-state index contributed by atoms with van der Waals surface area (Å²) >= 11 is 0. The molecule has 0 bridgehead atoms. The van der Waals surface area contributed by atoms with E-state index < -0.39 is 0 Å². The SMILES string of the molecule is Cc1cccc(C2NC(C(C)C)C(=O)N2CCC(C)C)c1. The second-order valence-electron chi connectivity index (χ2n) is 6.92. The van der Waals surface area contributed by atoms with Gasteiger partial charge < -0.3 is 4.90 Å². The lowest BCUT2D eigenvalue weighted by atomic mass is 10.0. The molecule has 3 nitrogen and oxygen atoms in total. The lowest BCUT2D eigenvalue weighted by Gasteiger charge is -2.25. The molecule has 0 spiro atoms. The van der Waals surface area contributed by atoms with Crippen molar-refractivity contribution in [2.75, 3.05) is 6.54 Å². The molecule has 1 saturated heterocycles. The van der Waals surface area contributed by atoms with E-state index in [-0.39, 0.29) is 18.1 Å². The summed E-state index contributed by atoms with van der Waals surface area (Å²) in [6.45, 7) is 11.5. The fraction of sp³-hybridized carbons (Fsp3) is 0.611. The van der Waals surface area contributed by atoms with Crippen LogP contribution in [0.2, 0.25) is 0 Å². The largest absolute Gasteiger partial charge is 0.322 e. The maximum absolute atomic E-state index is 12.7. The van der Waals surface area contributed by atoms with Crippen molar-refractivity contribution in [3.05, 3.63) is 35.4 Å². The zero-order chi connectivity index (χ0) is 15.6. The molecule has 1 aromatic rings. The summed E-state index contributed by atoms with van der Waals surface area (Å²) < 4.78 is 0. The summed E-state index contributed by atoms with van der Waals surface area (Å²) in [5.74, 6) is 1.17. The van der Waals surface area contributed by atoms with Gasteiger partial charge in [0.15, 0.2) is 0 Å². The van der Waals surface area contributed by atoms with Crippen LogP contribution in [0.5, 0.6) is 0 Å². The van der Waals surface area contributed by atoms with E-state index in [4.69, 9.17) is 0 Å². The second-order valence-corrected chi connectivity index (χ2v) is 6.92. The van der Waals surface area contributed by atoms with Crippen LogP contribution in [-0.2, 0) is 4.79 Å². The van der Waals surface area contributed by atoms with Crippen LogP contribution >= 0.6 is 0 Å². The van der Waals surface area contributed by atoms with E-state index in [0.29, 0.717) is 11.8 Å². The van der Waals surface area contributed by atoms with Gasteiger partial charge in [0.25, 0.3) is 0 Å². The number of nitrogens with one attached hydrogen (secondary N) is 1. The van der Waals surface area contributed by atoms with Gasteiger partial charge in [-0.25, -0.2) is 0 Å². The zero-order valence-corrected chi connectivity index (χ0v) is 13.9. The Bertz CT molecular complexity index is 496. The van der Waals surface area contributed by atoms with Crippen LogP contribution in [0.4, 0.5) is 0 Å². The first-order valence-electron chi connectivity index (χ1n) is 8.03. The van der Waals surface area contributed by atoms with Gasteiger partial charge in [0.1, 0.15) is 6.17 Å². The highest BCUT2D eigenvalue weighted by atomic mass is 16.2. The summed E-state index contributed by atoms with van der Waals surface area (Å²) in [5, 5.41) is 3.53. The molecule has 0 aliphatic carbocycles. The first-order valence-corrected chi connectivity index (χ1v) is 8.03. The summed E-state index contributed by atoms with van der Waals surface area (Å²) in [7, 11) is 0. The molecule has 116 valence electrons. The van der Waals surface area contributed by atoms with Gasteiger partial charge >= 0.3 is 0 Å². The molecule has 0 radical (unpaired) electrons. The van der Waals surface area contributed by atoms with Gasteiger partial charge in [-0.2, -0.15) is 0 Å². The topological polar surface area (TPSA) is 32.3 Å². The molecular weight excluding hydrogens is 260 g/mol. The summed E-state index contributed by atoms with van der Waals surface area (Å²) in [5.41, 5.74) is 2.42. The molecule has 1 fully saturated rings. The molecule has 3 heteroatoms. The Hall–Kier alpha value is -1.35. The van der Waals surface area contributed by atoms with E-state index in [1.165, 1.54) is 11.1 Å². The van der Waals surface area contributed by atoms with Gasteiger partial charge in [-0.15, -0.1) is 0 Å². The molecule has 0 saturated carbocycles. The summed E-state index contributed by atoms with van der Waals surface area (Å²) in [6, 6.07) is 8.39. The molecular formula is C18H28N2O. The van der Waals surface area contributed by atoms with Crippen LogP contribution in [-0.4, -0.2) is 23.4 Å². The van der Waals surface area contributed by atoms with Crippen LogP contribution in [0.15, 0.2) is 24.3 Å². The molecule has 0 aromatic heterocycles. The Morgan fingerprint density at radius 2 is 1.95 bits per heavy atom. The van der Waals surface area contributed by atoms with Crippen molar-refractivity contribution in [1.82, 2.24) is 10.2 Å². The summed E-state index contributed by atoms with van der Waals surface area (Å²) in [6.07, 6.45) is 1.06. The second kappa shape index (κ2) is 6.61. The molecule has 1 amide bonds. The van der Waals surface area contributed by atoms with Crippen LogP contribution in [0, 0.1) is 18.8 Å². The summed E-state index contributed by atoms with van der Waals surface area (Å²) in [4.78, 5) is 14.7.